The van der Waals surface area contributed by atoms with Crippen LogP contribution in [0.3, 0.4) is 0 Å². The predicted molar refractivity (Wildman–Crippen MR) is 184 cm³/mol. The number of nitrogens with zero attached hydrogens (tertiary/aromatic N) is 1. The monoisotopic (exact) mass is 686 g/mol. The molecule has 2 rings (SSSR count). The minimum atomic E-state index is -0.727. The topological polar surface area (TPSA) is 147 Å². The molecule has 0 unspecified atom stereocenters. The molecule has 0 atom stereocenters. The Labute approximate surface area is 290 Å². The van der Waals surface area contributed by atoms with Gasteiger partial charge in [0.1, 0.15) is 36.6 Å². The molecule has 0 saturated carbocycles. The molecular weight excluding hydrogens is 632 g/mol. The van der Waals surface area contributed by atoms with Gasteiger partial charge in [0.25, 0.3) is 0 Å². The Morgan fingerprint density at radius 3 is 1.45 bits per heavy atom. The smallest absolute Gasteiger partial charge is 0.410 e. The van der Waals surface area contributed by atoms with Crippen LogP contribution in [0.1, 0.15) is 86.3 Å². The zero-order chi connectivity index (χ0) is 37.1. The van der Waals surface area contributed by atoms with Crippen molar-refractivity contribution in [3.8, 4) is 0 Å². The molecule has 0 aliphatic heterocycles. The maximum Gasteiger partial charge on any atom is 0.410 e. The first-order valence-electron chi connectivity index (χ1n) is 16.2. The summed E-state index contributed by atoms with van der Waals surface area (Å²) < 4.78 is 26.0. The van der Waals surface area contributed by atoms with E-state index in [2.05, 4.69) is 5.32 Å². The number of carbonyl (C=O) groups is 5. The maximum absolute atomic E-state index is 12.4. The van der Waals surface area contributed by atoms with Crippen LogP contribution in [0.5, 0.6) is 0 Å². The minimum Gasteiger partial charge on any atom is -0.460 e. The first-order chi connectivity index (χ1) is 22.7. The van der Waals surface area contributed by atoms with Crippen molar-refractivity contribution in [2.75, 3.05) is 26.2 Å². The van der Waals surface area contributed by atoms with Gasteiger partial charge in [-0.25, -0.2) is 4.79 Å². The summed E-state index contributed by atoms with van der Waals surface area (Å²) in [7, 11) is 0. The Balaban J connectivity index is 0.000000510. The number of ether oxygens (including phenoxy) is 5. The largest absolute Gasteiger partial charge is 0.460 e. The second-order valence-electron chi connectivity index (χ2n) is 14.0. The molecule has 2 aromatic carbocycles. The second-order valence-corrected chi connectivity index (χ2v) is 14.0. The van der Waals surface area contributed by atoms with E-state index < -0.39 is 34.8 Å². The lowest BCUT2D eigenvalue weighted by Crippen LogP contribution is -2.41. The highest BCUT2D eigenvalue weighted by Crippen LogP contribution is 2.13. The highest BCUT2D eigenvalue weighted by Gasteiger charge is 2.26. The van der Waals surface area contributed by atoms with Crippen molar-refractivity contribution in [2.24, 2.45) is 0 Å². The molecular formula is C37H54N2O10. The Kier molecular flexibility index (Phi) is 18.1. The Bertz CT molecular complexity index is 1310. The van der Waals surface area contributed by atoms with Gasteiger partial charge in [0.05, 0.1) is 19.4 Å². The summed E-state index contributed by atoms with van der Waals surface area (Å²) in [5.74, 6) is -1.67. The molecule has 272 valence electrons. The third kappa shape index (κ3) is 23.5. The SMILES string of the molecule is CC(C)(C)OC(=O)CCN(CC(=O)OCc1ccccc1)C(=O)OC(C)(C)C.CC(C)(C)OC(=O)CCNCC(=O)OCc1ccccc1. The summed E-state index contributed by atoms with van der Waals surface area (Å²) >= 11 is 0. The van der Waals surface area contributed by atoms with Gasteiger partial charge in [-0.2, -0.15) is 0 Å². The summed E-state index contributed by atoms with van der Waals surface area (Å²) in [5.41, 5.74) is -0.0448. The van der Waals surface area contributed by atoms with Gasteiger partial charge in [-0.1, -0.05) is 60.7 Å². The molecule has 0 aliphatic carbocycles. The molecule has 12 nitrogen and oxygen atoms in total. The molecule has 1 N–H and O–H groups in total. The van der Waals surface area contributed by atoms with Crippen LogP contribution in [0.15, 0.2) is 60.7 Å². The number of rotatable bonds is 14. The average molecular weight is 687 g/mol. The number of hydrogen-bond donors (Lipinski definition) is 1. The van der Waals surface area contributed by atoms with Crippen molar-refractivity contribution in [3.63, 3.8) is 0 Å². The number of carbonyl (C=O) groups excluding carboxylic acids is 5. The zero-order valence-corrected chi connectivity index (χ0v) is 30.5. The molecule has 0 radical (unpaired) electrons. The fourth-order valence-electron chi connectivity index (χ4n) is 3.68. The molecule has 0 fully saturated rings. The van der Waals surface area contributed by atoms with Crippen molar-refractivity contribution < 1.29 is 47.7 Å². The number of nitrogens with one attached hydrogen (secondary N) is 1. The number of esters is 4. The summed E-state index contributed by atoms with van der Waals surface area (Å²) in [6.45, 7) is 16.4. The van der Waals surface area contributed by atoms with Crippen LogP contribution in [0.25, 0.3) is 0 Å². The molecule has 0 aliphatic rings. The third-order valence-corrected chi connectivity index (χ3v) is 5.66. The number of hydrogen-bond acceptors (Lipinski definition) is 11. The van der Waals surface area contributed by atoms with E-state index in [0.29, 0.717) is 6.54 Å². The molecule has 12 heteroatoms. The lowest BCUT2D eigenvalue weighted by Gasteiger charge is -2.27. The Morgan fingerprint density at radius 2 is 1.00 bits per heavy atom. The van der Waals surface area contributed by atoms with E-state index >= 15 is 0 Å². The van der Waals surface area contributed by atoms with E-state index in [-0.39, 0.29) is 57.6 Å². The first-order valence-corrected chi connectivity index (χ1v) is 16.2. The van der Waals surface area contributed by atoms with Gasteiger partial charge in [-0.05, 0) is 73.4 Å². The standard InChI is InChI=1S/C21H31NO6.C16H23NO4/c1-20(2,3)27-17(23)12-13-22(19(25)28-21(4,5)6)14-18(24)26-15-16-10-8-7-9-11-16;1-16(2,3)21-14(18)9-10-17-11-15(19)20-12-13-7-5-4-6-8-13/h7-11H,12-15H2,1-6H3;4-8,17H,9-12H2,1-3H3. The maximum atomic E-state index is 12.4. The first kappa shape index (κ1) is 42.6. The summed E-state index contributed by atoms with van der Waals surface area (Å²) in [6.07, 6.45) is -0.515. The van der Waals surface area contributed by atoms with Crippen LogP contribution in [0.2, 0.25) is 0 Å². The van der Waals surface area contributed by atoms with Gasteiger partial charge in [0, 0.05) is 13.1 Å². The van der Waals surface area contributed by atoms with E-state index in [1.807, 2.05) is 81.4 Å². The van der Waals surface area contributed by atoms with Crippen LogP contribution in [-0.4, -0.2) is 77.9 Å². The fraction of sp³-hybridized carbons (Fsp3) is 0.541. The summed E-state index contributed by atoms with van der Waals surface area (Å²) in [4.78, 5) is 60.6. The van der Waals surface area contributed by atoms with E-state index in [0.717, 1.165) is 16.0 Å². The minimum absolute atomic E-state index is 0.00966. The van der Waals surface area contributed by atoms with Gasteiger partial charge in [-0.15, -0.1) is 0 Å². The van der Waals surface area contributed by atoms with Crippen LogP contribution >= 0.6 is 0 Å². The molecule has 0 spiro atoms. The molecule has 0 bridgehead atoms. The molecule has 0 aromatic heterocycles. The number of amides is 1. The second kappa shape index (κ2) is 20.8. The van der Waals surface area contributed by atoms with Crippen molar-refractivity contribution >= 4 is 30.0 Å². The molecule has 0 heterocycles. The zero-order valence-electron chi connectivity index (χ0n) is 30.5. The molecule has 0 saturated heterocycles. The molecule has 1 amide bonds. The van der Waals surface area contributed by atoms with Crippen molar-refractivity contribution in [1.82, 2.24) is 10.2 Å². The molecule has 49 heavy (non-hydrogen) atoms. The lowest BCUT2D eigenvalue weighted by atomic mass is 10.2. The van der Waals surface area contributed by atoms with Crippen LogP contribution in [0.4, 0.5) is 4.79 Å². The van der Waals surface area contributed by atoms with Gasteiger partial charge in [0.2, 0.25) is 0 Å². The third-order valence-electron chi connectivity index (χ3n) is 5.66. The van der Waals surface area contributed by atoms with Gasteiger partial charge in [0.15, 0.2) is 0 Å². The number of benzene rings is 2. The Hall–Kier alpha value is -4.45. The lowest BCUT2D eigenvalue weighted by molar-refractivity contribution is -0.156. The van der Waals surface area contributed by atoms with Crippen molar-refractivity contribution in [1.29, 1.82) is 0 Å². The quantitative estimate of drug-likeness (QED) is 0.147. The highest BCUT2D eigenvalue weighted by molar-refractivity contribution is 5.79. The van der Waals surface area contributed by atoms with Gasteiger partial charge >= 0.3 is 30.0 Å². The van der Waals surface area contributed by atoms with Crippen molar-refractivity contribution in [3.05, 3.63) is 71.8 Å². The summed E-state index contributed by atoms with van der Waals surface area (Å²) in [6, 6.07) is 18.7. The van der Waals surface area contributed by atoms with E-state index in [1.54, 1.807) is 41.5 Å². The van der Waals surface area contributed by atoms with Crippen molar-refractivity contribution in [2.45, 2.75) is 105 Å². The van der Waals surface area contributed by atoms with Gasteiger partial charge in [-0.3, -0.25) is 24.1 Å². The van der Waals surface area contributed by atoms with Crippen LogP contribution < -0.4 is 5.32 Å². The van der Waals surface area contributed by atoms with E-state index in [9.17, 15) is 24.0 Å². The predicted octanol–water partition coefficient (Wildman–Crippen LogP) is 5.75. The summed E-state index contributed by atoms with van der Waals surface area (Å²) in [5, 5.41) is 2.86. The normalized spacial score (nSPS) is 11.3. The van der Waals surface area contributed by atoms with Crippen LogP contribution in [-0.2, 0) is 56.1 Å². The average Bonchev–Trinajstić information content (AvgIpc) is 2.98. The van der Waals surface area contributed by atoms with Gasteiger partial charge < -0.3 is 29.0 Å². The fourth-order valence-corrected chi connectivity index (χ4v) is 3.68. The van der Waals surface area contributed by atoms with E-state index in [4.69, 9.17) is 23.7 Å². The highest BCUT2D eigenvalue weighted by atomic mass is 16.6. The van der Waals surface area contributed by atoms with E-state index in [1.165, 1.54) is 0 Å². The Morgan fingerprint density at radius 1 is 0.571 bits per heavy atom. The molecule has 2 aromatic rings. The van der Waals surface area contributed by atoms with Crippen LogP contribution in [0, 0.1) is 0 Å².